The molecule has 0 amide bonds. The van der Waals surface area contributed by atoms with Crippen molar-refractivity contribution in [3.63, 3.8) is 0 Å². The molecule has 0 aromatic heterocycles. The Kier molecular flexibility index (Phi) is 3.83. The van der Waals surface area contributed by atoms with Crippen LogP contribution in [0.5, 0.6) is 5.75 Å². The van der Waals surface area contributed by atoms with Gasteiger partial charge in [0.05, 0.1) is 5.69 Å². The quantitative estimate of drug-likeness (QED) is 0.319. The molecular weight excluding hydrogens is 198 g/mol. The number of phenolic OH excluding ortho intramolecular Hbond substituents is 1. The van der Waals surface area contributed by atoms with Crippen molar-refractivity contribution in [1.82, 2.24) is 5.32 Å². The van der Waals surface area contributed by atoms with E-state index in [-0.39, 0.29) is 5.75 Å². The van der Waals surface area contributed by atoms with Crippen LogP contribution >= 0.6 is 11.8 Å². The van der Waals surface area contributed by atoms with Gasteiger partial charge in [-0.2, -0.15) is 5.26 Å². The van der Waals surface area contributed by atoms with Crippen molar-refractivity contribution >= 4 is 22.6 Å². The Morgan fingerprint density at radius 3 is 3.00 bits per heavy atom. The van der Waals surface area contributed by atoms with E-state index in [9.17, 15) is 0 Å². The zero-order chi connectivity index (χ0) is 10.4. The van der Waals surface area contributed by atoms with Crippen LogP contribution in [-0.2, 0) is 0 Å². The lowest BCUT2D eigenvalue weighted by atomic mass is 10.3. The topological polar surface area (TPSA) is 68.4 Å². The van der Waals surface area contributed by atoms with E-state index in [0.717, 1.165) is 0 Å². The number of rotatable bonds is 1. The highest BCUT2D eigenvalue weighted by molar-refractivity contribution is 8.13. The molecule has 4 nitrogen and oxygen atoms in total. The average molecular weight is 207 g/mol. The first-order chi connectivity index (χ1) is 6.76. The van der Waals surface area contributed by atoms with Crippen molar-refractivity contribution in [2.45, 2.75) is 0 Å². The second-order valence-electron chi connectivity index (χ2n) is 2.38. The summed E-state index contributed by atoms with van der Waals surface area (Å²) in [5.74, 6) is 0.156. The fourth-order valence-corrected chi connectivity index (χ4v) is 1.20. The molecule has 0 atom stereocenters. The van der Waals surface area contributed by atoms with Gasteiger partial charge < -0.3 is 5.11 Å². The van der Waals surface area contributed by atoms with Gasteiger partial charge in [-0.15, -0.1) is 0 Å². The van der Waals surface area contributed by atoms with Crippen LogP contribution in [-0.4, -0.2) is 16.5 Å². The molecule has 0 aliphatic rings. The van der Waals surface area contributed by atoms with E-state index in [4.69, 9.17) is 10.4 Å². The lowest BCUT2D eigenvalue weighted by Crippen LogP contribution is -2.12. The van der Waals surface area contributed by atoms with Crippen LogP contribution in [0, 0.1) is 11.5 Å². The Morgan fingerprint density at radius 1 is 1.64 bits per heavy atom. The van der Waals surface area contributed by atoms with Crippen LogP contribution in [0.25, 0.3) is 0 Å². The molecule has 2 N–H and O–H groups in total. The van der Waals surface area contributed by atoms with E-state index >= 15 is 0 Å². The van der Waals surface area contributed by atoms with E-state index in [0.29, 0.717) is 10.9 Å². The molecule has 14 heavy (non-hydrogen) atoms. The van der Waals surface area contributed by atoms with Gasteiger partial charge in [-0.25, -0.2) is 4.99 Å². The van der Waals surface area contributed by atoms with Gasteiger partial charge in [-0.3, -0.25) is 5.32 Å². The third kappa shape index (κ3) is 2.99. The zero-order valence-corrected chi connectivity index (χ0v) is 8.38. The molecule has 0 radical (unpaired) electrons. The standard InChI is InChI=1S/C9H9N3OS/c1-14-9(11-6-10)12-7-3-2-4-8(13)5-7/h2-5,13H,1H3,(H,11,12). The van der Waals surface area contributed by atoms with Crippen LogP contribution in [0.3, 0.4) is 0 Å². The first-order valence-corrected chi connectivity index (χ1v) is 5.05. The highest BCUT2D eigenvalue weighted by Gasteiger charge is 1.96. The van der Waals surface area contributed by atoms with E-state index in [1.54, 1.807) is 24.4 Å². The summed E-state index contributed by atoms with van der Waals surface area (Å²) in [5, 5.41) is 20.5. The molecule has 72 valence electrons. The summed E-state index contributed by atoms with van der Waals surface area (Å²) < 4.78 is 0. The Bertz CT molecular complexity index is 384. The maximum absolute atomic E-state index is 9.17. The number of nitrogens with one attached hydrogen (secondary N) is 1. The molecule has 0 aliphatic heterocycles. The number of nitriles is 1. The summed E-state index contributed by atoms with van der Waals surface area (Å²) in [5.41, 5.74) is 0.608. The van der Waals surface area contributed by atoms with Crippen LogP contribution in [0.1, 0.15) is 0 Å². The molecule has 0 spiro atoms. The highest BCUT2D eigenvalue weighted by atomic mass is 32.2. The summed E-state index contributed by atoms with van der Waals surface area (Å²) in [4.78, 5) is 4.11. The van der Waals surface area contributed by atoms with Crippen molar-refractivity contribution in [1.29, 1.82) is 5.26 Å². The summed E-state index contributed by atoms with van der Waals surface area (Å²) in [6, 6.07) is 6.53. The Morgan fingerprint density at radius 2 is 2.43 bits per heavy atom. The minimum atomic E-state index is 0.156. The first kappa shape index (κ1) is 10.4. The SMILES string of the molecule is CSC(=Nc1cccc(O)c1)NC#N. The smallest absolute Gasteiger partial charge is 0.183 e. The zero-order valence-electron chi connectivity index (χ0n) is 7.56. The van der Waals surface area contributed by atoms with Gasteiger partial charge in [0.2, 0.25) is 0 Å². The number of hydrogen-bond donors (Lipinski definition) is 2. The largest absolute Gasteiger partial charge is 0.508 e. The molecule has 0 fully saturated rings. The third-order valence-electron chi connectivity index (χ3n) is 1.42. The molecule has 1 aromatic carbocycles. The maximum atomic E-state index is 9.17. The summed E-state index contributed by atoms with van der Waals surface area (Å²) in [6.07, 6.45) is 3.60. The van der Waals surface area contributed by atoms with E-state index in [1.165, 1.54) is 17.8 Å². The molecule has 0 bridgehead atoms. The summed E-state index contributed by atoms with van der Waals surface area (Å²) in [6.45, 7) is 0. The maximum Gasteiger partial charge on any atom is 0.183 e. The third-order valence-corrected chi connectivity index (χ3v) is 2.00. The predicted octanol–water partition coefficient (Wildman–Crippen LogP) is 1.81. The average Bonchev–Trinajstić information content (AvgIpc) is 2.17. The van der Waals surface area contributed by atoms with Crippen molar-refractivity contribution in [2.24, 2.45) is 4.99 Å². The number of nitrogens with zero attached hydrogens (tertiary/aromatic N) is 2. The number of phenols is 1. The summed E-state index contributed by atoms with van der Waals surface area (Å²) >= 11 is 1.33. The Balaban J connectivity index is 2.89. The molecule has 1 rings (SSSR count). The lowest BCUT2D eigenvalue weighted by Gasteiger charge is -1.99. The van der Waals surface area contributed by atoms with Crippen LogP contribution in [0.15, 0.2) is 29.3 Å². The number of hydrogen-bond acceptors (Lipinski definition) is 4. The lowest BCUT2D eigenvalue weighted by molar-refractivity contribution is 0.475. The highest BCUT2D eigenvalue weighted by Crippen LogP contribution is 2.19. The minimum Gasteiger partial charge on any atom is -0.508 e. The number of aromatic hydroxyl groups is 1. The van der Waals surface area contributed by atoms with Crippen molar-refractivity contribution in [2.75, 3.05) is 6.26 Å². The van der Waals surface area contributed by atoms with E-state index < -0.39 is 0 Å². The van der Waals surface area contributed by atoms with E-state index in [1.807, 2.05) is 6.26 Å². The second-order valence-corrected chi connectivity index (χ2v) is 3.17. The molecule has 0 saturated carbocycles. The van der Waals surface area contributed by atoms with Gasteiger partial charge in [0.15, 0.2) is 11.4 Å². The van der Waals surface area contributed by atoms with Crippen LogP contribution in [0.2, 0.25) is 0 Å². The predicted molar refractivity (Wildman–Crippen MR) is 57.5 cm³/mol. The monoisotopic (exact) mass is 207 g/mol. The Hall–Kier alpha value is -1.67. The van der Waals surface area contributed by atoms with Gasteiger partial charge >= 0.3 is 0 Å². The van der Waals surface area contributed by atoms with Crippen molar-refractivity contribution < 1.29 is 5.11 Å². The molecular formula is C9H9N3OS. The molecule has 1 aromatic rings. The number of benzene rings is 1. The van der Waals surface area contributed by atoms with Crippen molar-refractivity contribution in [3.05, 3.63) is 24.3 Å². The molecule has 0 saturated heterocycles. The fraction of sp³-hybridized carbons (Fsp3) is 0.111. The Labute approximate surface area is 86.3 Å². The first-order valence-electron chi connectivity index (χ1n) is 3.83. The van der Waals surface area contributed by atoms with Gasteiger partial charge in [0.1, 0.15) is 5.75 Å². The van der Waals surface area contributed by atoms with Crippen LogP contribution in [0.4, 0.5) is 5.69 Å². The van der Waals surface area contributed by atoms with E-state index in [2.05, 4.69) is 10.3 Å². The molecule has 0 heterocycles. The molecule has 0 unspecified atom stereocenters. The fourth-order valence-electron chi connectivity index (χ4n) is 0.852. The van der Waals surface area contributed by atoms with Gasteiger partial charge in [-0.1, -0.05) is 17.8 Å². The number of amidine groups is 1. The number of thioether (sulfide) groups is 1. The normalized spacial score (nSPS) is 10.7. The number of aliphatic imine (C=N–C) groups is 1. The van der Waals surface area contributed by atoms with Gasteiger partial charge in [0, 0.05) is 6.07 Å². The minimum absolute atomic E-state index is 0.156. The van der Waals surface area contributed by atoms with Gasteiger partial charge in [0.25, 0.3) is 0 Å². The molecule has 5 heteroatoms. The second kappa shape index (κ2) is 5.14. The van der Waals surface area contributed by atoms with Gasteiger partial charge in [-0.05, 0) is 18.4 Å². The van der Waals surface area contributed by atoms with Crippen molar-refractivity contribution in [3.8, 4) is 11.9 Å². The van der Waals surface area contributed by atoms with Crippen LogP contribution < -0.4 is 5.32 Å². The molecule has 0 aliphatic carbocycles. The summed E-state index contributed by atoms with van der Waals surface area (Å²) in [7, 11) is 0.